The Morgan fingerprint density at radius 1 is 0.973 bits per heavy atom. The third-order valence-corrected chi connectivity index (χ3v) is 6.06. The van der Waals surface area contributed by atoms with Gasteiger partial charge in [0.1, 0.15) is 5.75 Å². The van der Waals surface area contributed by atoms with Gasteiger partial charge in [0.05, 0.1) is 24.9 Å². The molecule has 8 nitrogen and oxygen atoms in total. The molecule has 0 aliphatic carbocycles. The van der Waals surface area contributed by atoms with Gasteiger partial charge < -0.3 is 24.6 Å². The van der Waals surface area contributed by atoms with E-state index < -0.39 is 11.9 Å². The molecule has 37 heavy (non-hydrogen) atoms. The molecule has 0 radical (unpaired) electrons. The van der Waals surface area contributed by atoms with Crippen molar-refractivity contribution in [1.29, 1.82) is 0 Å². The first-order valence-corrected chi connectivity index (χ1v) is 12.7. The maximum atomic E-state index is 9.55. The van der Waals surface area contributed by atoms with Gasteiger partial charge in [-0.2, -0.15) is 0 Å². The number of nitrogens with zero attached hydrogens (tertiary/aromatic N) is 2. The summed E-state index contributed by atoms with van der Waals surface area (Å²) in [6.45, 7) is 12.4. The molecule has 2 N–H and O–H groups in total. The van der Waals surface area contributed by atoms with E-state index in [4.69, 9.17) is 19.7 Å². The molecule has 4 rings (SSSR count). The highest BCUT2D eigenvalue weighted by atomic mass is 16.5. The lowest BCUT2D eigenvalue weighted by Gasteiger charge is -2.34. The largest absolute Gasteiger partial charge is 0.478 e. The number of carboxylic acid groups (broad SMARTS) is 2. The van der Waals surface area contributed by atoms with E-state index in [0.29, 0.717) is 18.2 Å². The van der Waals surface area contributed by atoms with Gasteiger partial charge in [-0.3, -0.25) is 4.90 Å². The molecule has 200 valence electrons. The minimum Gasteiger partial charge on any atom is -0.478 e. The molecule has 0 saturated carbocycles. The highest BCUT2D eigenvalue weighted by Gasteiger charge is 2.28. The van der Waals surface area contributed by atoms with Crippen molar-refractivity contribution in [2.24, 2.45) is 5.41 Å². The van der Waals surface area contributed by atoms with E-state index in [1.54, 1.807) is 0 Å². The first-order valence-electron chi connectivity index (χ1n) is 12.7. The minimum absolute atomic E-state index is 0.192. The zero-order valence-electron chi connectivity index (χ0n) is 21.9. The summed E-state index contributed by atoms with van der Waals surface area (Å²) in [5.74, 6) is -0.614. The second kappa shape index (κ2) is 13.3. The summed E-state index contributed by atoms with van der Waals surface area (Å²) in [7, 11) is 0. The van der Waals surface area contributed by atoms with Gasteiger partial charge in [0.25, 0.3) is 0 Å². The van der Waals surface area contributed by atoms with Crippen LogP contribution in [0.2, 0.25) is 0 Å². The summed E-state index contributed by atoms with van der Waals surface area (Å²) in [5, 5.41) is 15.6. The van der Waals surface area contributed by atoms with E-state index >= 15 is 0 Å². The van der Waals surface area contributed by atoms with Crippen molar-refractivity contribution >= 4 is 17.6 Å². The van der Waals surface area contributed by atoms with Crippen LogP contribution in [0.25, 0.3) is 0 Å². The van der Waals surface area contributed by atoms with E-state index in [0.717, 1.165) is 37.8 Å². The van der Waals surface area contributed by atoms with Gasteiger partial charge >= 0.3 is 11.9 Å². The maximum Gasteiger partial charge on any atom is 0.328 e. The number of carbonyl (C=O) groups is 2. The number of hydrogen-bond donors (Lipinski definition) is 2. The van der Waals surface area contributed by atoms with E-state index in [-0.39, 0.29) is 5.41 Å². The van der Waals surface area contributed by atoms with Crippen molar-refractivity contribution in [3.05, 3.63) is 66.2 Å². The summed E-state index contributed by atoms with van der Waals surface area (Å²) in [6.07, 6.45) is 3.70. The average molecular weight is 511 g/mol. The molecule has 0 spiro atoms. The number of likely N-dealkylation sites (tertiary alicyclic amines) is 1. The Balaban J connectivity index is 0.000000414. The second-order valence-electron chi connectivity index (χ2n) is 10.5. The van der Waals surface area contributed by atoms with Gasteiger partial charge in [0.15, 0.2) is 5.75 Å². The third kappa shape index (κ3) is 9.22. The van der Waals surface area contributed by atoms with E-state index in [1.165, 1.54) is 37.2 Å². The highest BCUT2D eigenvalue weighted by Crippen LogP contribution is 2.39. The SMILES string of the molecule is CC(C)(C)COCC(CN1Cc2ccccc2Oc2ccccc21)N1CCCC1.O=C(O)C=CC(=O)O. The molecule has 1 fully saturated rings. The number of carboxylic acids is 2. The van der Waals surface area contributed by atoms with Crippen molar-refractivity contribution in [1.82, 2.24) is 4.90 Å². The average Bonchev–Trinajstić information content (AvgIpc) is 3.32. The molecule has 0 bridgehead atoms. The molecule has 2 aromatic carbocycles. The number of benzene rings is 2. The van der Waals surface area contributed by atoms with Gasteiger partial charge in [-0.05, 0) is 49.5 Å². The summed E-state index contributed by atoms with van der Waals surface area (Å²) < 4.78 is 12.5. The number of aliphatic carboxylic acids is 2. The molecular formula is C29H38N2O6. The quantitative estimate of drug-likeness (QED) is 0.477. The molecule has 2 aliphatic heterocycles. The smallest absolute Gasteiger partial charge is 0.328 e. The third-order valence-electron chi connectivity index (χ3n) is 6.06. The van der Waals surface area contributed by atoms with Crippen molar-refractivity contribution < 1.29 is 29.3 Å². The first-order chi connectivity index (χ1) is 17.6. The van der Waals surface area contributed by atoms with Crippen LogP contribution in [0.5, 0.6) is 11.5 Å². The van der Waals surface area contributed by atoms with Gasteiger partial charge in [-0.25, -0.2) is 9.59 Å². The Kier molecular flexibility index (Phi) is 10.1. The Bertz CT molecular complexity index is 1060. The van der Waals surface area contributed by atoms with Gasteiger partial charge in [-0.1, -0.05) is 51.1 Å². The molecule has 1 atom stereocenters. The van der Waals surface area contributed by atoms with E-state index in [9.17, 15) is 9.59 Å². The molecule has 2 heterocycles. The lowest BCUT2D eigenvalue weighted by atomic mass is 9.99. The monoisotopic (exact) mass is 510 g/mol. The number of hydrogen-bond acceptors (Lipinski definition) is 6. The summed E-state index contributed by atoms with van der Waals surface area (Å²) >= 11 is 0. The van der Waals surface area contributed by atoms with Crippen LogP contribution in [0, 0.1) is 5.41 Å². The molecule has 2 aromatic rings. The summed E-state index contributed by atoms with van der Waals surface area (Å²) in [4.78, 5) is 24.2. The van der Waals surface area contributed by atoms with Crippen molar-refractivity contribution in [3.63, 3.8) is 0 Å². The van der Waals surface area contributed by atoms with Gasteiger partial charge in [0, 0.05) is 30.8 Å². The number of anilines is 1. The van der Waals surface area contributed by atoms with Crippen molar-refractivity contribution in [2.75, 3.05) is 37.7 Å². The molecule has 8 heteroatoms. The van der Waals surface area contributed by atoms with Crippen LogP contribution in [0.1, 0.15) is 39.2 Å². The van der Waals surface area contributed by atoms with E-state index in [1.807, 2.05) is 6.07 Å². The van der Waals surface area contributed by atoms with Crippen LogP contribution in [0.3, 0.4) is 0 Å². The van der Waals surface area contributed by atoms with Gasteiger partial charge in [0.2, 0.25) is 0 Å². The zero-order valence-corrected chi connectivity index (χ0v) is 21.9. The Labute approximate surface area is 219 Å². The fourth-order valence-electron chi connectivity index (χ4n) is 4.39. The van der Waals surface area contributed by atoms with Crippen LogP contribution in [-0.2, 0) is 20.9 Å². The molecule has 2 aliphatic rings. The van der Waals surface area contributed by atoms with Crippen LogP contribution >= 0.6 is 0 Å². The van der Waals surface area contributed by atoms with Crippen LogP contribution in [-0.4, -0.2) is 65.9 Å². The second-order valence-corrected chi connectivity index (χ2v) is 10.5. The molecule has 0 aromatic heterocycles. The molecule has 1 unspecified atom stereocenters. The number of para-hydroxylation sites is 3. The molecule has 1 saturated heterocycles. The first kappa shape index (κ1) is 28.2. The van der Waals surface area contributed by atoms with Gasteiger partial charge in [-0.15, -0.1) is 0 Å². The normalized spacial score (nSPS) is 16.1. The molecule has 0 amide bonds. The number of ether oxygens (including phenoxy) is 2. The summed E-state index contributed by atoms with van der Waals surface area (Å²) in [5.41, 5.74) is 2.60. The predicted molar refractivity (Wildman–Crippen MR) is 143 cm³/mol. The van der Waals surface area contributed by atoms with E-state index in [2.05, 4.69) is 73.0 Å². The van der Waals surface area contributed by atoms with Crippen LogP contribution in [0.4, 0.5) is 5.69 Å². The number of fused-ring (bicyclic) bond motifs is 2. The fourth-order valence-corrected chi connectivity index (χ4v) is 4.39. The lowest BCUT2D eigenvalue weighted by Crippen LogP contribution is -2.45. The Morgan fingerprint density at radius 2 is 1.57 bits per heavy atom. The molecular weight excluding hydrogens is 472 g/mol. The Hall–Kier alpha value is -3.36. The Morgan fingerprint density at radius 3 is 2.19 bits per heavy atom. The number of rotatable bonds is 8. The van der Waals surface area contributed by atoms with Crippen LogP contribution < -0.4 is 9.64 Å². The zero-order chi connectivity index (χ0) is 26.8. The minimum atomic E-state index is -1.26. The topological polar surface area (TPSA) is 99.5 Å². The highest BCUT2D eigenvalue weighted by molar-refractivity contribution is 5.89. The maximum absolute atomic E-state index is 9.55. The predicted octanol–water partition coefficient (Wildman–Crippen LogP) is 5.04. The van der Waals surface area contributed by atoms with Crippen LogP contribution in [0.15, 0.2) is 60.7 Å². The van der Waals surface area contributed by atoms with Crippen molar-refractivity contribution in [2.45, 2.75) is 46.2 Å². The fraction of sp³-hybridized carbons (Fsp3) is 0.448. The standard InChI is InChI=1S/C25H34N2O2.C4H4O4/c1-25(2,3)19-28-18-21(26-14-8-9-15-26)17-27-16-20-10-4-6-12-23(20)29-24-13-7-5-11-22(24)27;5-3(6)1-2-4(7)8/h4-7,10-13,21H,8-9,14-19H2,1-3H3;1-2H,(H,5,6)(H,7,8). The van der Waals surface area contributed by atoms with Crippen molar-refractivity contribution in [3.8, 4) is 11.5 Å². The summed E-state index contributed by atoms with van der Waals surface area (Å²) in [6, 6.07) is 17.2. The lowest BCUT2D eigenvalue weighted by molar-refractivity contribution is -0.134.